The van der Waals surface area contributed by atoms with Gasteiger partial charge in [-0.2, -0.15) is 0 Å². The van der Waals surface area contributed by atoms with E-state index < -0.39 is 12.2 Å². The SMILES string of the molecule is O=C(CC1Oc2ccccc2NC1=O)NCC1CNCC1O. The Hall–Kier alpha value is -2.12. The first-order valence-corrected chi connectivity index (χ1v) is 7.35. The monoisotopic (exact) mass is 305 g/mol. The van der Waals surface area contributed by atoms with E-state index in [1.165, 1.54) is 0 Å². The summed E-state index contributed by atoms with van der Waals surface area (Å²) >= 11 is 0. The molecule has 2 amide bonds. The lowest BCUT2D eigenvalue weighted by atomic mass is 10.1. The largest absolute Gasteiger partial charge is 0.478 e. The average molecular weight is 305 g/mol. The Morgan fingerprint density at radius 1 is 1.36 bits per heavy atom. The van der Waals surface area contributed by atoms with E-state index in [9.17, 15) is 14.7 Å². The molecule has 4 N–H and O–H groups in total. The number of aliphatic hydroxyl groups excluding tert-OH is 1. The number of para-hydroxylation sites is 2. The van der Waals surface area contributed by atoms with E-state index in [4.69, 9.17) is 4.74 Å². The number of fused-ring (bicyclic) bond motifs is 1. The van der Waals surface area contributed by atoms with Crippen LogP contribution in [0.2, 0.25) is 0 Å². The molecule has 1 aromatic rings. The molecule has 0 spiro atoms. The van der Waals surface area contributed by atoms with Gasteiger partial charge in [-0.1, -0.05) is 12.1 Å². The Morgan fingerprint density at radius 2 is 2.18 bits per heavy atom. The van der Waals surface area contributed by atoms with E-state index in [0.29, 0.717) is 31.1 Å². The summed E-state index contributed by atoms with van der Waals surface area (Å²) in [7, 11) is 0. The van der Waals surface area contributed by atoms with E-state index in [2.05, 4.69) is 16.0 Å². The van der Waals surface area contributed by atoms with Crippen molar-refractivity contribution in [3.8, 4) is 5.75 Å². The van der Waals surface area contributed by atoms with Crippen molar-refractivity contribution in [2.45, 2.75) is 18.6 Å². The first-order chi connectivity index (χ1) is 10.6. The molecular formula is C15H19N3O4. The van der Waals surface area contributed by atoms with Gasteiger partial charge in [0.2, 0.25) is 5.91 Å². The fraction of sp³-hybridized carbons (Fsp3) is 0.467. The zero-order valence-electron chi connectivity index (χ0n) is 12.0. The summed E-state index contributed by atoms with van der Waals surface area (Å²) in [4.78, 5) is 23.9. The lowest BCUT2D eigenvalue weighted by molar-refractivity contribution is -0.130. The van der Waals surface area contributed by atoms with Crippen LogP contribution in [0, 0.1) is 5.92 Å². The second kappa shape index (κ2) is 6.33. The van der Waals surface area contributed by atoms with Crippen molar-refractivity contribution in [3.63, 3.8) is 0 Å². The fourth-order valence-electron chi connectivity index (χ4n) is 2.64. The normalized spacial score (nSPS) is 26.8. The minimum Gasteiger partial charge on any atom is -0.478 e. The molecular weight excluding hydrogens is 286 g/mol. The molecule has 3 atom stereocenters. The van der Waals surface area contributed by atoms with Crippen molar-refractivity contribution in [2.75, 3.05) is 25.0 Å². The van der Waals surface area contributed by atoms with Crippen molar-refractivity contribution in [1.29, 1.82) is 0 Å². The number of aliphatic hydroxyl groups is 1. The van der Waals surface area contributed by atoms with Crippen molar-refractivity contribution in [3.05, 3.63) is 24.3 Å². The van der Waals surface area contributed by atoms with E-state index in [0.717, 1.165) is 0 Å². The second-order valence-corrected chi connectivity index (χ2v) is 5.59. The number of hydrogen-bond acceptors (Lipinski definition) is 5. The number of β-amino-alcohol motifs (C(OH)–C–C–N with tert-alkyl or cyclic N) is 1. The molecule has 0 radical (unpaired) electrons. The molecule has 118 valence electrons. The molecule has 0 saturated carbocycles. The third kappa shape index (κ3) is 3.20. The van der Waals surface area contributed by atoms with Crippen LogP contribution in [0.25, 0.3) is 0 Å². The average Bonchev–Trinajstić information content (AvgIpc) is 2.91. The number of amides is 2. The first kappa shape index (κ1) is 14.8. The highest BCUT2D eigenvalue weighted by Gasteiger charge is 2.30. The van der Waals surface area contributed by atoms with Crippen LogP contribution in [0.15, 0.2) is 24.3 Å². The van der Waals surface area contributed by atoms with Crippen LogP contribution in [-0.4, -0.2) is 48.8 Å². The van der Waals surface area contributed by atoms with Crippen LogP contribution < -0.4 is 20.7 Å². The van der Waals surface area contributed by atoms with Gasteiger partial charge >= 0.3 is 0 Å². The van der Waals surface area contributed by atoms with Gasteiger partial charge in [0, 0.05) is 25.6 Å². The van der Waals surface area contributed by atoms with E-state index in [1.54, 1.807) is 18.2 Å². The Bertz CT molecular complexity index is 578. The summed E-state index contributed by atoms with van der Waals surface area (Å²) in [6, 6.07) is 7.11. The fourth-order valence-corrected chi connectivity index (χ4v) is 2.64. The summed E-state index contributed by atoms with van der Waals surface area (Å²) < 4.78 is 5.57. The molecule has 22 heavy (non-hydrogen) atoms. The molecule has 1 aromatic carbocycles. The molecule has 2 heterocycles. The molecule has 2 aliphatic rings. The quantitative estimate of drug-likeness (QED) is 0.599. The Kier molecular flexibility index (Phi) is 4.26. The maximum Gasteiger partial charge on any atom is 0.266 e. The maximum atomic E-state index is 12.0. The summed E-state index contributed by atoms with van der Waals surface area (Å²) in [5.41, 5.74) is 0.615. The number of hydrogen-bond donors (Lipinski definition) is 4. The van der Waals surface area contributed by atoms with Crippen molar-refractivity contribution in [1.82, 2.24) is 10.6 Å². The Morgan fingerprint density at radius 3 is 2.95 bits per heavy atom. The molecule has 3 unspecified atom stereocenters. The summed E-state index contributed by atoms with van der Waals surface area (Å²) in [6.45, 7) is 1.61. The molecule has 0 aromatic heterocycles. The lowest BCUT2D eigenvalue weighted by Gasteiger charge is -2.25. The summed E-state index contributed by atoms with van der Waals surface area (Å²) in [5, 5.41) is 18.2. The zero-order chi connectivity index (χ0) is 15.5. The standard InChI is InChI=1S/C15H19N3O4/c19-11-8-16-6-9(11)7-17-14(20)5-13-15(21)18-10-3-1-2-4-12(10)22-13/h1-4,9,11,13,16,19H,5-8H2,(H,17,20)(H,18,21). The molecule has 1 saturated heterocycles. The van der Waals surface area contributed by atoms with Crippen molar-refractivity contribution < 1.29 is 19.4 Å². The second-order valence-electron chi connectivity index (χ2n) is 5.59. The first-order valence-electron chi connectivity index (χ1n) is 7.35. The topological polar surface area (TPSA) is 99.7 Å². The third-order valence-corrected chi connectivity index (χ3v) is 3.94. The van der Waals surface area contributed by atoms with Crippen molar-refractivity contribution >= 4 is 17.5 Å². The van der Waals surface area contributed by atoms with Crippen molar-refractivity contribution in [2.24, 2.45) is 5.92 Å². The Labute approximate surface area is 128 Å². The van der Waals surface area contributed by atoms with Gasteiger partial charge in [0.1, 0.15) is 5.75 Å². The van der Waals surface area contributed by atoms with Gasteiger partial charge in [-0.15, -0.1) is 0 Å². The molecule has 7 nitrogen and oxygen atoms in total. The molecule has 7 heteroatoms. The Balaban J connectivity index is 1.52. The summed E-state index contributed by atoms with van der Waals surface area (Å²) in [5.74, 6) is -0.0175. The predicted octanol–water partition coefficient (Wildman–Crippen LogP) is -0.527. The van der Waals surface area contributed by atoms with Crippen LogP contribution in [0.3, 0.4) is 0 Å². The van der Waals surface area contributed by atoms with Crippen LogP contribution in [0.1, 0.15) is 6.42 Å². The van der Waals surface area contributed by atoms with E-state index >= 15 is 0 Å². The van der Waals surface area contributed by atoms with Crippen LogP contribution in [0.4, 0.5) is 5.69 Å². The molecule has 2 aliphatic heterocycles. The maximum absolute atomic E-state index is 12.0. The number of anilines is 1. The third-order valence-electron chi connectivity index (χ3n) is 3.94. The number of rotatable bonds is 4. The lowest BCUT2D eigenvalue weighted by Crippen LogP contribution is -2.42. The summed E-state index contributed by atoms with van der Waals surface area (Å²) in [6.07, 6.45) is -1.32. The van der Waals surface area contributed by atoms with E-state index in [1.807, 2.05) is 6.07 Å². The molecule has 0 aliphatic carbocycles. The highest BCUT2D eigenvalue weighted by molar-refractivity contribution is 5.99. The minimum atomic E-state index is -0.832. The van der Waals surface area contributed by atoms with Crippen LogP contribution >= 0.6 is 0 Å². The molecule has 0 bridgehead atoms. The number of carbonyl (C=O) groups excluding carboxylic acids is 2. The van der Waals surface area contributed by atoms with E-state index in [-0.39, 0.29) is 24.2 Å². The smallest absolute Gasteiger partial charge is 0.266 e. The van der Waals surface area contributed by atoms with Crippen LogP contribution in [-0.2, 0) is 9.59 Å². The molecule has 1 fully saturated rings. The highest BCUT2D eigenvalue weighted by atomic mass is 16.5. The zero-order valence-corrected chi connectivity index (χ0v) is 12.0. The van der Waals surface area contributed by atoms with Gasteiger partial charge in [0.25, 0.3) is 5.91 Å². The van der Waals surface area contributed by atoms with Gasteiger partial charge < -0.3 is 25.8 Å². The van der Waals surface area contributed by atoms with Gasteiger partial charge in [0.05, 0.1) is 18.2 Å². The molecule has 3 rings (SSSR count). The van der Waals surface area contributed by atoms with Gasteiger partial charge in [-0.3, -0.25) is 9.59 Å². The number of benzene rings is 1. The predicted molar refractivity (Wildman–Crippen MR) is 79.5 cm³/mol. The highest BCUT2D eigenvalue weighted by Crippen LogP contribution is 2.29. The number of nitrogens with one attached hydrogen (secondary N) is 3. The van der Waals surface area contributed by atoms with Gasteiger partial charge in [-0.05, 0) is 12.1 Å². The number of ether oxygens (including phenoxy) is 1. The van der Waals surface area contributed by atoms with Gasteiger partial charge in [0.15, 0.2) is 6.10 Å². The van der Waals surface area contributed by atoms with Crippen LogP contribution in [0.5, 0.6) is 5.75 Å². The van der Waals surface area contributed by atoms with Gasteiger partial charge in [-0.25, -0.2) is 0 Å². The number of carbonyl (C=O) groups is 2. The minimum absolute atomic E-state index is 0.00535.